The van der Waals surface area contributed by atoms with Crippen LogP contribution in [-0.2, 0) is 0 Å². The van der Waals surface area contributed by atoms with E-state index in [4.69, 9.17) is 0 Å². The molecule has 0 saturated heterocycles. The van der Waals surface area contributed by atoms with Crippen molar-refractivity contribution in [2.24, 2.45) is 0 Å². The summed E-state index contributed by atoms with van der Waals surface area (Å²) in [6.07, 6.45) is 5.58. The van der Waals surface area contributed by atoms with Gasteiger partial charge >= 0.3 is 0 Å². The normalized spacial score (nSPS) is 13.4. The van der Waals surface area contributed by atoms with Crippen LogP contribution in [0.25, 0.3) is 0 Å². The van der Waals surface area contributed by atoms with Crippen molar-refractivity contribution >= 4 is 12.4 Å². The minimum Gasteiger partial charge on any atom is -0.624 e. The van der Waals surface area contributed by atoms with Crippen LogP contribution in [0.2, 0.25) is 0 Å². The molecule has 0 rings (SSSR count). The molecule has 4 nitrogen and oxygen atoms in total. The zero-order chi connectivity index (χ0) is 10.1. The van der Waals surface area contributed by atoms with E-state index < -0.39 is 0 Å². The summed E-state index contributed by atoms with van der Waals surface area (Å²) in [4.78, 5) is 0. The zero-order valence-corrected chi connectivity index (χ0v) is 8.40. The first-order valence-corrected chi connectivity index (χ1v) is 4.74. The topological polar surface area (TPSA) is 52.1 Å². The van der Waals surface area contributed by atoms with E-state index in [1.807, 2.05) is 13.8 Å². The summed E-state index contributed by atoms with van der Waals surface area (Å²) in [6.45, 7) is 4.61. The molecular formula is C9H18N2O2. The highest BCUT2D eigenvalue weighted by Crippen LogP contribution is 1.89. The fraction of sp³-hybridized carbons (Fsp3) is 0.778. The Morgan fingerprint density at radius 1 is 0.923 bits per heavy atom. The molecule has 0 bridgehead atoms. The standard InChI is InChI=1S/C9H18N2O2/c1-3-10(12)8-6-5-7-9-11(13)4-2/h8-9H,3-7H2,1-2H3/b10-8-,11-9-. The lowest BCUT2D eigenvalue weighted by Crippen LogP contribution is -2.05. The third-order valence-corrected chi connectivity index (χ3v) is 1.70. The SMILES string of the molecule is CC/[N+]([O-])=C/CCC/C=[N+](\[O-])CC. The Kier molecular flexibility index (Phi) is 6.96. The minimum atomic E-state index is 0.492. The summed E-state index contributed by atoms with van der Waals surface area (Å²) < 4.78 is 1.82. The number of hydrogen-bond donors (Lipinski definition) is 0. The van der Waals surface area contributed by atoms with E-state index >= 15 is 0 Å². The molecule has 0 heterocycles. The lowest BCUT2D eigenvalue weighted by Gasteiger charge is -1.99. The van der Waals surface area contributed by atoms with Gasteiger partial charge in [0.15, 0.2) is 12.4 Å². The van der Waals surface area contributed by atoms with Crippen molar-refractivity contribution in [2.75, 3.05) is 13.1 Å². The van der Waals surface area contributed by atoms with Gasteiger partial charge in [-0.3, -0.25) is 0 Å². The predicted octanol–water partition coefficient (Wildman–Crippen LogP) is 1.36. The smallest absolute Gasteiger partial charge is 0.150 e. The number of hydrogen-bond acceptors (Lipinski definition) is 2. The molecule has 0 aromatic rings. The van der Waals surface area contributed by atoms with Gasteiger partial charge in [-0.1, -0.05) is 0 Å². The summed E-state index contributed by atoms with van der Waals surface area (Å²) in [5.74, 6) is 0. The Morgan fingerprint density at radius 2 is 1.31 bits per heavy atom. The first kappa shape index (κ1) is 11.9. The Balaban J connectivity index is 3.47. The maximum atomic E-state index is 10.7. The lowest BCUT2D eigenvalue weighted by atomic mass is 10.2. The van der Waals surface area contributed by atoms with E-state index in [0.29, 0.717) is 13.1 Å². The summed E-state index contributed by atoms with van der Waals surface area (Å²) in [6, 6.07) is 0. The molecule has 0 radical (unpaired) electrons. The molecule has 0 N–H and O–H groups in total. The molecule has 0 aliphatic rings. The fourth-order valence-electron chi connectivity index (χ4n) is 0.847. The van der Waals surface area contributed by atoms with Crippen molar-refractivity contribution in [2.45, 2.75) is 33.1 Å². The zero-order valence-electron chi connectivity index (χ0n) is 8.40. The second-order valence-corrected chi connectivity index (χ2v) is 2.76. The van der Waals surface area contributed by atoms with Crippen LogP contribution >= 0.6 is 0 Å². The van der Waals surface area contributed by atoms with Gasteiger partial charge < -0.3 is 10.4 Å². The highest BCUT2D eigenvalue weighted by atomic mass is 16.5. The third kappa shape index (κ3) is 7.31. The van der Waals surface area contributed by atoms with Gasteiger partial charge in [0.1, 0.15) is 13.1 Å². The van der Waals surface area contributed by atoms with Crippen molar-refractivity contribution in [3.05, 3.63) is 10.4 Å². The Bertz CT molecular complexity index is 168. The molecule has 0 amide bonds. The van der Waals surface area contributed by atoms with Crippen LogP contribution in [0, 0.1) is 10.4 Å². The van der Waals surface area contributed by atoms with Gasteiger partial charge in [0, 0.05) is 12.8 Å². The third-order valence-electron chi connectivity index (χ3n) is 1.70. The van der Waals surface area contributed by atoms with Crippen molar-refractivity contribution in [1.29, 1.82) is 0 Å². The molecule has 0 spiro atoms. The fourth-order valence-corrected chi connectivity index (χ4v) is 0.847. The summed E-state index contributed by atoms with van der Waals surface area (Å²) in [5, 5.41) is 21.5. The Hall–Kier alpha value is -1.06. The van der Waals surface area contributed by atoms with E-state index in [2.05, 4.69) is 0 Å². The van der Waals surface area contributed by atoms with Gasteiger partial charge in [-0.25, -0.2) is 9.48 Å². The molecule has 0 aromatic carbocycles. The maximum absolute atomic E-state index is 10.7. The molecule has 0 aliphatic carbocycles. The summed E-state index contributed by atoms with van der Waals surface area (Å²) in [5.41, 5.74) is 0. The molecule has 0 unspecified atom stereocenters. The first-order chi connectivity index (χ1) is 6.20. The van der Waals surface area contributed by atoms with Crippen LogP contribution < -0.4 is 0 Å². The highest BCUT2D eigenvalue weighted by Gasteiger charge is 1.91. The van der Waals surface area contributed by atoms with Crippen molar-refractivity contribution in [3.8, 4) is 0 Å². The molecule has 76 valence electrons. The van der Waals surface area contributed by atoms with Gasteiger partial charge in [0.05, 0.1) is 0 Å². The lowest BCUT2D eigenvalue weighted by molar-refractivity contribution is -0.450. The molecule has 0 fully saturated rings. The summed E-state index contributed by atoms with van der Waals surface area (Å²) in [7, 11) is 0. The Labute approximate surface area is 79.4 Å². The van der Waals surface area contributed by atoms with Crippen LogP contribution in [0.1, 0.15) is 33.1 Å². The van der Waals surface area contributed by atoms with E-state index in [1.165, 1.54) is 0 Å². The van der Waals surface area contributed by atoms with Gasteiger partial charge in [-0.15, -0.1) is 0 Å². The number of unbranched alkanes of at least 4 members (excludes halogenated alkanes) is 2. The van der Waals surface area contributed by atoms with Crippen molar-refractivity contribution < 1.29 is 9.48 Å². The largest absolute Gasteiger partial charge is 0.624 e. The van der Waals surface area contributed by atoms with Crippen LogP contribution in [0.5, 0.6) is 0 Å². The average Bonchev–Trinajstić information content (AvgIpc) is 2.16. The molecule has 13 heavy (non-hydrogen) atoms. The van der Waals surface area contributed by atoms with E-state index in [9.17, 15) is 10.4 Å². The van der Waals surface area contributed by atoms with Crippen LogP contribution in [0.4, 0.5) is 0 Å². The first-order valence-electron chi connectivity index (χ1n) is 4.74. The Morgan fingerprint density at radius 3 is 1.62 bits per heavy atom. The minimum absolute atomic E-state index is 0.492. The second-order valence-electron chi connectivity index (χ2n) is 2.76. The molecule has 4 heteroatoms. The van der Waals surface area contributed by atoms with E-state index in [0.717, 1.165) is 28.7 Å². The molecule has 0 aliphatic heterocycles. The monoisotopic (exact) mass is 186 g/mol. The molecular weight excluding hydrogens is 168 g/mol. The van der Waals surface area contributed by atoms with Crippen LogP contribution in [-0.4, -0.2) is 35.0 Å². The number of rotatable bonds is 6. The van der Waals surface area contributed by atoms with Crippen molar-refractivity contribution in [3.63, 3.8) is 0 Å². The average molecular weight is 186 g/mol. The van der Waals surface area contributed by atoms with Gasteiger partial charge in [0.2, 0.25) is 0 Å². The predicted molar refractivity (Wildman–Crippen MR) is 54.3 cm³/mol. The van der Waals surface area contributed by atoms with Crippen LogP contribution in [0.3, 0.4) is 0 Å². The summed E-state index contributed by atoms with van der Waals surface area (Å²) >= 11 is 0. The van der Waals surface area contributed by atoms with Crippen LogP contribution in [0.15, 0.2) is 0 Å². The highest BCUT2D eigenvalue weighted by molar-refractivity contribution is 5.54. The molecule has 0 aromatic heterocycles. The van der Waals surface area contributed by atoms with Gasteiger partial charge in [-0.2, -0.15) is 0 Å². The quantitative estimate of drug-likeness (QED) is 0.207. The number of nitrogens with zero attached hydrogens (tertiary/aromatic N) is 2. The van der Waals surface area contributed by atoms with E-state index in [1.54, 1.807) is 12.4 Å². The van der Waals surface area contributed by atoms with Gasteiger partial charge in [0.25, 0.3) is 0 Å². The number of hydroxylamine groups is 2. The van der Waals surface area contributed by atoms with Gasteiger partial charge in [-0.05, 0) is 20.3 Å². The molecule has 0 atom stereocenters. The van der Waals surface area contributed by atoms with E-state index in [-0.39, 0.29) is 0 Å². The maximum Gasteiger partial charge on any atom is 0.150 e. The van der Waals surface area contributed by atoms with Crippen molar-refractivity contribution in [1.82, 2.24) is 0 Å². The second kappa shape index (κ2) is 7.58. The molecule has 0 saturated carbocycles.